The summed E-state index contributed by atoms with van der Waals surface area (Å²) in [7, 11) is 0. The van der Waals surface area contributed by atoms with Crippen LogP contribution in [0, 0.1) is 0 Å². The van der Waals surface area contributed by atoms with E-state index in [4.69, 9.17) is 5.11 Å². The first-order valence-electron chi connectivity index (χ1n) is 6.36. The van der Waals surface area contributed by atoms with E-state index in [0.717, 1.165) is 4.68 Å². The lowest BCUT2D eigenvalue weighted by Crippen LogP contribution is -2.47. The first kappa shape index (κ1) is 15.4. The number of aromatic amines is 1. The van der Waals surface area contributed by atoms with E-state index in [0.29, 0.717) is 5.69 Å². The quantitative estimate of drug-likeness (QED) is 0.566. The van der Waals surface area contributed by atoms with Gasteiger partial charge in [-0.1, -0.05) is 18.2 Å². The lowest BCUT2D eigenvalue weighted by molar-refractivity contribution is -0.141. The lowest BCUT2D eigenvalue weighted by Gasteiger charge is -2.15. The molecule has 2 rings (SSSR count). The molecule has 0 saturated heterocycles. The first-order valence-corrected chi connectivity index (χ1v) is 6.36. The van der Waals surface area contributed by atoms with Crippen molar-refractivity contribution in [3.05, 3.63) is 46.6 Å². The minimum absolute atomic E-state index is 0.347. The molecule has 0 radical (unpaired) electrons. The van der Waals surface area contributed by atoms with Crippen LogP contribution in [0.5, 0.6) is 0 Å². The van der Waals surface area contributed by atoms with Gasteiger partial charge in [0.25, 0.3) is 5.91 Å². The molecule has 1 amide bonds. The van der Waals surface area contributed by atoms with Crippen LogP contribution in [0.4, 0.5) is 0 Å². The maximum absolute atomic E-state index is 11.9. The van der Waals surface area contributed by atoms with Crippen molar-refractivity contribution in [3.8, 4) is 5.69 Å². The summed E-state index contributed by atoms with van der Waals surface area (Å²) in [6, 6.07) is 6.90. The van der Waals surface area contributed by atoms with Gasteiger partial charge in [-0.25, -0.2) is 9.59 Å². The molecular weight excluding hydrogens is 292 g/mol. The number of nitrogens with one attached hydrogen (secondary N) is 2. The number of rotatable bonds is 5. The summed E-state index contributed by atoms with van der Waals surface area (Å²) >= 11 is 0. The summed E-state index contributed by atoms with van der Waals surface area (Å²) in [5, 5.41) is 24.1. The summed E-state index contributed by atoms with van der Waals surface area (Å²) in [4.78, 5) is 36.9. The van der Waals surface area contributed by atoms with Crippen molar-refractivity contribution in [3.63, 3.8) is 0 Å². The molecule has 0 bridgehead atoms. The average Bonchev–Trinajstić information content (AvgIpc) is 2.87. The van der Waals surface area contributed by atoms with Gasteiger partial charge in [-0.05, 0) is 19.1 Å². The van der Waals surface area contributed by atoms with Gasteiger partial charge in [0.05, 0.1) is 11.8 Å². The number of para-hydroxylation sites is 1. The normalized spacial score (nSPS) is 13.4. The topological polar surface area (TPSA) is 137 Å². The molecule has 1 aromatic carbocycles. The van der Waals surface area contributed by atoms with Crippen molar-refractivity contribution in [2.75, 3.05) is 0 Å². The van der Waals surface area contributed by atoms with E-state index in [1.165, 1.54) is 6.92 Å². The molecule has 0 aliphatic heterocycles. The highest BCUT2D eigenvalue weighted by Gasteiger charge is 2.27. The summed E-state index contributed by atoms with van der Waals surface area (Å²) in [5.41, 5.74) is -0.187. The number of aliphatic hydroxyl groups excluding tert-OH is 1. The Morgan fingerprint density at radius 2 is 1.95 bits per heavy atom. The standard InChI is InChI=1S/C13H14N4O5/c1-7(18)9(12(20)21)14-11(19)10-15-13(22)17(16-10)8-5-3-2-4-6-8/h2-7,9,18H,1H3,(H,14,19)(H,20,21)(H,15,16,22). The molecule has 116 valence electrons. The highest BCUT2D eigenvalue weighted by molar-refractivity contribution is 5.93. The number of hydrogen-bond acceptors (Lipinski definition) is 5. The zero-order valence-electron chi connectivity index (χ0n) is 11.6. The number of aliphatic hydroxyl groups is 1. The van der Waals surface area contributed by atoms with Gasteiger partial charge in [0.2, 0.25) is 5.82 Å². The third-order valence-electron chi connectivity index (χ3n) is 2.87. The molecule has 22 heavy (non-hydrogen) atoms. The molecule has 0 spiro atoms. The number of hydrogen-bond donors (Lipinski definition) is 4. The molecule has 9 nitrogen and oxygen atoms in total. The first-order chi connectivity index (χ1) is 10.4. The average molecular weight is 306 g/mol. The number of nitrogens with zero attached hydrogens (tertiary/aromatic N) is 2. The number of amides is 1. The number of carboxylic acids is 1. The molecule has 0 fully saturated rings. The van der Waals surface area contributed by atoms with Crippen LogP contribution in [0.3, 0.4) is 0 Å². The number of aliphatic carboxylic acids is 1. The fourth-order valence-electron chi connectivity index (χ4n) is 1.77. The number of benzene rings is 1. The third kappa shape index (κ3) is 3.20. The Kier molecular flexibility index (Phi) is 4.37. The van der Waals surface area contributed by atoms with Crippen LogP contribution < -0.4 is 11.0 Å². The molecule has 2 unspecified atom stereocenters. The fourth-order valence-corrected chi connectivity index (χ4v) is 1.77. The Morgan fingerprint density at radius 1 is 1.32 bits per heavy atom. The molecule has 2 atom stereocenters. The highest BCUT2D eigenvalue weighted by atomic mass is 16.4. The molecule has 2 aromatic rings. The number of carboxylic acid groups (broad SMARTS) is 1. The van der Waals surface area contributed by atoms with Crippen LogP contribution in [-0.2, 0) is 4.79 Å². The highest BCUT2D eigenvalue weighted by Crippen LogP contribution is 2.02. The van der Waals surface area contributed by atoms with Gasteiger partial charge in [-0.15, -0.1) is 5.10 Å². The van der Waals surface area contributed by atoms with E-state index < -0.39 is 29.7 Å². The lowest BCUT2D eigenvalue weighted by atomic mass is 10.2. The molecule has 4 N–H and O–H groups in total. The van der Waals surface area contributed by atoms with E-state index >= 15 is 0 Å². The number of carbonyl (C=O) groups is 2. The van der Waals surface area contributed by atoms with Gasteiger partial charge < -0.3 is 15.5 Å². The summed E-state index contributed by atoms with van der Waals surface area (Å²) < 4.78 is 0.979. The number of aromatic nitrogens is 3. The second-order valence-electron chi connectivity index (χ2n) is 4.56. The molecular formula is C13H14N4O5. The zero-order chi connectivity index (χ0) is 16.3. The van der Waals surface area contributed by atoms with E-state index in [-0.39, 0.29) is 5.82 Å². The van der Waals surface area contributed by atoms with Gasteiger partial charge in [0.15, 0.2) is 6.04 Å². The SMILES string of the molecule is CC(O)C(NC(=O)c1nn(-c2ccccc2)c(=O)[nH]1)C(=O)O. The van der Waals surface area contributed by atoms with Gasteiger partial charge in [0, 0.05) is 0 Å². The Hall–Kier alpha value is -2.94. The van der Waals surface area contributed by atoms with Crippen LogP contribution >= 0.6 is 0 Å². The maximum atomic E-state index is 11.9. The van der Waals surface area contributed by atoms with Gasteiger partial charge >= 0.3 is 11.7 Å². The van der Waals surface area contributed by atoms with E-state index in [1.54, 1.807) is 30.3 Å². The number of H-pyrrole nitrogens is 1. The van der Waals surface area contributed by atoms with Crippen molar-refractivity contribution < 1.29 is 19.8 Å². The van der Waals surface area contributed by atoms with E-state index in [1.807, 2.05) is 0 Å². The Morgan fingerprint density at radius 3 is 2.50 bits per heavy atom. The molecule has 1 heterocycles. The summed E-state index contributed by atoms with van der Waals surface area (Å²) in [5.74, 6) is -2.64. The minimum atomic E-state index is -1.50. The van der Waals surface area contributed by atoms with E-state index in [9.17, 15) is 19.5 Å². The molecule has 1 aromatic heterocycles. The summed E-state index contributed by atoms with van der Waals surface area (Å²) in [6.45, 7) is 1.23. The molecule has 0 aliphatic rings. The maximum Gasteiger partial charge on any atom is 0.348 e. The predicted molar refractivity (Wildman–Crippen MR) is 74.8 cm³/mol. The molecule has 9 heteroatoms. The van der Waals surface area contributed by atoms with Crippen LogP contribution in [0.2, 0.25) is 0 Å². The second-order valence-corrected chi connectivity index (χ2v) is 4.56. The van der Waals surface area contributed by atoms with Crippen molar-refractivity contribution in [2.24, 2.45) is 0 Å². The Labute approximate surface area is 124 Å². The van der Waals surface area contributed by atoms with Crippen LogP contribution in [0.25, 0.3) is 5.69 Å². The van der Waals surface area contributed by atoms with Crippen LogP contribution in [0.1, 0.15) is 17.5 Å². The summed E-state index contributed by atoms with van der Waals surface area (Å²) in [6.07, 6.45) is -1.30. The zero-order valence-corrected chi connectivity index (χ0v) is 11.6. The number of carbonyl (C=O) groups excluding carboxylic acids is 1. The Bertz CT molecular complexity index is 734. The smallest absolute Gasteiger partial charge is 0.348 e. The van der Waals surface area contributed by atoms with Gasteiger partial charge in [-0.2, -0.15) is 4.68 Å². The van der Waals surface area contributed by atoms with E-state index in [2.05, 4.69) is 15.4 Å². The van der Waals surface area contributed by atoms with Gasteiger partial charge in [-0.3, -0.25) is 9.78 Å². The third-order valence-corrected chi connectivity index (χ3v) is 2.87. The minimum Gasteiger partial charge on any atom is -0.480 e. The fraction of sp³-hybridized carbons (Fsp3) is 0.231. The monoisotopic (exact) mass is 306 g/mol. The molecule has 0 aliphatic carbocycles. The molecule has 0 saturated carbocycles. The Balaban J connectivity index is 2.26. The van der Waals surface area contributed by atoms with Crippen LogP contribution in [0.15, 0.2) is 35.1 Å². The largest absolute Gasteiger partial charge is 0.480 e. The van der Waals surface area contributed by atoms with Crippen LogP contribution in [-0.4, -0.2) is 49.0 Å². The van der Waals surface area contributed by atoms with Crippen molar-refractivity contribution in [1.29, 1.82) is 0 Å². The second kappa shape index (κ2) is 6.22. The van der Waals surface area contributed by atoms with Crippen molar-refractivity contribution in [1.82, 2.24) is 20.1 Å². The van der Waals surface area contributed by atoms with Crippen molar-refractivity contribution >= 4 is 11.9 Å². The predicted octanol–water partition coefficient (Wildman–Crippen LogP) is -0.876. The van der Waals surface area contributed by atoms with Gasteiger partial charge in [0.1, 0.15) is 0 Å². The van der Waals surface area contributed by atoms with Crippen molar-refractivity contribution in [2.45, 2.75) is 19.1 Å².